The van der Waals surface area contributed by atoms with Gasteiger partial charge in [0.1, 0.15) is 5.82 Å². The van der Waals surface area contributed by atoms with E-state index in [1.54, 1.807) is 6.07 Å². The normalized spacial score (nSPS) is 16.3. The average Bonchev–Trinajstić information content (AvgIpc) is 2.55. The predicted molar refractivity (Wildman–Crippen MR) is 89.6 cm³/mol. The van der Waals surface area contributed by atoms with Crippen LogP contribution in [0.5, 0.6) is 0 Å². The topological polar surface area (TPSA) is 66.4 Å². The highest BCUT2D eigenvalue weighted by molar-refractivity contribution is 7.88. The van der Waals surface area contributed by atoms with Gasteiger partial charge in [0.25, 0.3) is 0 Å². The Balaban J connectivity index is 1.64. The highest BCUT2D eigenvalue weighted by Gasteiger charge is 2.27. The number of halogens is 1. The van der Waals surface area contributed by atoms with E-state index in [0.29, 0.717) is 31.7 Å². The zero-order valence-corrected chi connectivity index (χ0v) is 14.2. The van der Waals surface area contributed by atoms with Crippen molar-refractivity contribution in [2.45, 2.75) is 12.7 Å². The van der Waals surface area contributed by atoms with Crippen LogP contribution in [0.15, 0.2) is 36.4 Å². The maximum Gasteiger partial charge on any atom is 0.218 e. The molecule has 1 fully saturated rings. The molecule has 1 aliphatic heterocycles. The number of rotatable bonds is 4. The van der Waals surface area contributed by atoms with E-state index in [9.17, 15) is 12.8 Å². The average molecular weight is 350 g/mol. The molecule has 0 amide bonds. The lowest BCUT2D eigenvalue weighted by Crippen LogP contribution is -2.49. The van der Waals surface area contributed by atoms with Crippen molar-refractivity contribution in [3.8, 4) is 0 Å². The van der Waals surface area contributed by atoms with Crippen molar-refractivity contribution in [3.63, 3.8) is 0 Å². The van der Waals surface area contributed by atoms with E-state index in [1.165, 1.54) is 22.5 Å². The van der Waals surface area contributed by atoms with Gasteiger partial charge in [-0.05, 0) is 36.8 Å². The van der Waals surface area contributed by atoms with Crippen LogP contribution < -0.4 is 4.90 Å². The summed E-state index contributed by atoms with van der Waals surface area (Å²) < 4.78 is 39.7. The smallest absolute Gasteiger partial charge is 0.218 e. The first-order chi connectivity index (χ1) is 11.4. The molecule has 0 saturated carbocycles. The first kappa shape index (κ1) is 16.8. The maximum atomic E-state index is 13.2. The Labute approximate surface area is 141 Å². The maximum absolute atomic E-state index is 13.2. The first-order valence-electron chi connectivity index (χ1n) is 7.71. The summed E-state index contributed by atoms with van der Waals surface area (Å²) in [4.78, 5) is 2.01. The van der Waals surface area contributed by atoms with Gasteiger partial charge in [0.2, 0.25) is 10.0 Å². The molecule has 24 heavy (non-hydrogen) atoms. The van der Waals surface area contributed by atoms with Crippen molar-refractivity contribution < 1.29 is 12.8 Å². The molecule has 1 saturated heterocycles. The summed E-state index contributed by atoms with van der Waals surface area (Å²) in [5.41, 5.74) is 1.30. The fourth-order valence-corrected chi connectivity index (χ4v) is 4.19. The molecule has 0 bridgehead atoms. The summed E-state index contributed by atoms with van der Waals surface area (Å²) in [5.74, 6) is 0.142. The first-order valence-corrected chi connectivity index (χ1v) is 9.32. The summed E-state index contributed by atoms with van der Waals surface area (Å²) in [6, 6.07) is 9.48. The fraction of sp³-hybridized carbons (Fsp3) is 0.375. The lowest BCUT2D eigenvalue weighted by molar-refractivity contribution is 0.383. The Morgan fingerprint density at radius 1 is 1.08 bits per heavy atom. The number of benzene rings is 1. The number of nitrogens with zero attached hydrogens (tertiary/aromatic N) is 4. The van der Waals surface area contributed by atoms with Crippen LogP contribution >= 0.6 is 0 Å². The van der Waals surface area contributed by atoms with E-state index in [1.807, 2.05) is 24.0 Å². The van der Waals surface area contributed by atoms with E-state index >= 15 is 0 Å². The van der Waals surface area contributed by atoms with E-state index < -0.39 is 15.8 Å². The van der Waals surface area contributed by atoms with Crippen molar-refractivity contribution in [2.24, 2.45) is 0 Å². The second-order valence-electron chi connectivity index (χ2n) is 5.81. The number of anilines is 1. The zero-order chi connectivity index (χ0) is 17.2. The van der Waals surface area contributed by atoms with Crippen LogP contribution in [-0.4, -0.2) is 49.1 Å². The van der Waals surface area contributed by atoms with Crippen molar-refractivity contribution in [1.29, 1.82) is 0 Å². The third-order valence-electron chi connectivity index (χ3n) is 3.98. The number of aromatic nitrogens is 2. The standard InChI is InChI=1S/C16H19FN4O2S/c1-13-5-6-16(19-18-13)20-7-9-21(10-8-20)24(22,23)12-14-3-2-4-15(17)11-14/h2-6,11H,7-10,12H2,1H3. The number of aryl methyl sites for hydroxylation is 1. The van der Waals surface area contributed by atoms with Gasteiger partial charge in [-0.25, -0.2) is 12.8 Å². The molecule has 2 heterocycles. The van der Waals surface area contributed by atoms with E-state index in [0.717, 1.165) is 11.5 Å². The van der Waals surface area contributed by atoms with Crippen molar-refractivity contribution in [2.75, 3.05) is 31.1 Å². The second-order valence-corrected chi connectivity index (χ2v) is 7.77. The summed E-state index contributed by atoms with van der Waals surface area (Å²) >= 11 is 0. The molecule has 0 unspecified atom stereocenters. The van der Waals surface area contributed by atoms with Crippen LogP contribution in [0.3, 0.4) is 0 Å². The van der Waals surface area contributed by atoms with Gasteiger partial charge in [-0.1, -0.05) is 12.1 Å². The molecule has 0 atom stereocenters. The molecule has 0 spiro atoms. The van der Waals surface area contributed by atoms with Gasteiger partial charge < -0.3 is 4.90 Å². The minimum atomic E-state index is -3.46. The number of hydrogen-bond acceptors (Lipinski definition) is 5. The molecule has 8 heteroatoms. The number of piperazine rings is 1. The molecule has 1 aliphatic rings. The van der Waals surface area contributed by atoms with Crippen LogP contribution in [-0.2, 0) is 15.8 Å². The summed E-state index contributed by atoms with van der Waals surface area (Å²) in [7, 11) is -3.46. The SMILES string of the molecule is Cc1ccc(N2CCN(S(=O)(=O)Cc3cccc(F)c3)CC2)nn1. The van der Waals surface area contributed by atoms with E-state index in [4.69, 9.17) is 0 Å². The molecular weight excluding hydrogens is 331 g/mol. The minimum absolute atomic E-state index is 0.185. The second kappa shape index (κ2) is 6.82. The lowest BCUT2D eigenvalue weighted by Gasteiger charge is -2.34. The van der Waals surface area contributed by atoms with Gasteiger partial charge >= 0.3 is 0 Å². The molecule has 6 nitrogen and oxygen atoms in total. The quantitative estimate of drug-likeness (QED) is 0.837. The third-order valence-corrected chi connectivity index (χ3v) is 5.83. The van der Waals surface area contributed by atoms with Crippen molar-refractivity contribution in [1.82, 2.24) is 14.5 Å². The van der Waals surface area contributed by atoms with Crippen molar-refractivity contribution in [3.05, 3.63) is 53.5 Å². The summed E-state index contributed by atoms with van der Waals surface area (Å²) in [6.45, 7) is 3.74. The van der Waals surface area contributed by atoms with Crippen LogP contribution in [0.25, 0.3) is 0 Å². The molecule has 2 aromatic rings. The lowest BCUT2D eigenvalue weighted by atomic mass is 10.2. The Bertz CT molecular complexity index is 803. The molecule has 128 valence electrons. The van der Waals surface area contributed by atoms with Gasteiger partial charge in [0, 0.05) is 26.2 Å². The van der Waals surface area contributed by atoms with Crippen LogP contribution in [0, 0.1) is 12.7 Å². The summed E-state index contributed by atoms with van der Waals surface area (Å²) in [6.07, 6.45) is 0. The highest BCUT2D eigenvalue weighted by Crippen LogP contribution is 2.17. The Kier molecular flexibility index (Phi) is 4.77. The zero-order valence-electron chi connectivity index (χ0n) is 13.4. The fourth-order valence-electron chi connectivity index (χ4n) is 2.68. The van der Waals surface area contributed by atoms with Crippen LogP contribution in [0.1, 0.15) is 11.3 Å². The van der Waals surface area contributed by atoms with Gasteiger partial charge in [-0.3, -0.25) is 0 Å². The monoisotopic (exact) mass is 350 g/mol. The van der Waals surface area contributed by atoms with Gasteiger partial charge in [0.05, 0.1) is 11.4 Å². The molecule has 0 aliphatic carbocycles. The molecule has 1 aromatic heterocycles. The highest BCUT2D eigenvalue weighted by atomic mass is 32.2. The summed E-state index contributed by atoms with van der Waals surface area (Å²) in [5, 5.41) is 8.16. The molecule has 0 radical (unpaired) electrons. The van der Waals surface area contributed by atoms with E-state index in [2.05, 4.69) is 10.2 Å². The third kappa shape index (κ3) is 3.88. The van der Waals surface area contributed by atoms with E-state index in [-0.39, 0.29) is 5.75 Å². The minimum Gasteiger partial charge on any atom is -0.352 e. The van der Waals surface area contributed by atoms with Gasteiger partial charge in [-0.15, -0.1) is 5.10 Å². The Morgan fingerprint density at radius 3 is 2.46 bits per heavy atom. The van der Waals surface area contributed by atoms with Crippen molar-refractivity contribution >= 4 is 15.8 Å². The number of sulfonamides is 1. The molecule has 0 N–H and O–H groups in total. The van der Waals surface area contributed by atoms with Crippen LogP contribution in [0.4, 0.5) is 10.2 Å². The Hall–Kier alpha value is -2.06. The molecule has 1 aromatic carbocycles. The largest absolute Gasteiger partial charge is 0.352 e. The van der Waals surface area contributed by atoms with Gasteiger partial charge in [0.15, 0.2) is 5.82 Å². The molecular formula is C16H19FN4O2S. The van der Waals surface area contributed by atoms with Crippen LogP contribution in [0.2, 0.25) is 0 Å². The van der Waals surface area contributed by atoms with Gasteiger partial charge in [-0.2, -0.15) is 9.40 Å². The number of hydrogen-bond donors (Lipinski definition) is 0. The predicted octanol–water partition coefficient (Wildman–Crippen LogP) is 1.58. The molecule has 3 rings (SSSR count). The Morgan fingerprint density at radius 2 is 1.83 bits per heavy atom.